The van der Waals surface area contributed by atoms with Crippen molar-refractivity contribution in [3.63, 3.8) is 0 Å². The van der Waals surface area contributed by atoms with Gasteiger partial charge in [0, 0.05) is 13.2 Å². The number of unbranched alkanes of at least 4 members (excludes halogenated alkanes) is 18. The van der Waals surface area contributed by atoms with E-state index in [-0.39, 0.29) is 0 Å². The van der Waals surface area contributed by atoms with E-state index < -0.39 is 0 Å². The van der Waals surface area contributed by atoms with Crippen LogP contribution in [0.4, 0.5) is 0 Å². The molecule has 3 nitrogen and oxygen atoms in total. The third-order valence-electron chi connectivity index (χ3n) is 6.03. The molecule has 0 aromatic rings. The zero-order valence-corrected chi connectivity index (χ0v) is 21.6. The van der Waals surface area contributed by atoms with Crippen LogP contribution >= 0.6 is 0 Å². The van der Waals surface area contributed by atoms with Gasteiger partial charge in [0.25, 0.3) is 0 Å². The monoisotopic (exact) mass is 442 g/mol. The van der Waals surface area contributed by atoms with E-state index in [4.69, 9.17) is 14.2 Å². The molecule has 0 aliphatic rings. The maximum absolute atomic E-state index is 5.66. The molecule has 0 heterocycles. The summed E-state index contributed by atoms with van der Waals surface area (Å²) in [6, 6.07) is 0. The SMILES string of the molecule is CCCCCCCCCCCCOCCOCCOCCCCCCCCCCCC. The molecular weight excluding hydrogens is 384 g/mol. The van der Waals surface area contributed by atoms with Crippen molar-refractivity contribution in [2.24, 2.45) is 0 Å². The highest BCUT2D eigenvalue weighted by molar-refractivity contribution is 4.48. The summed E-state index contributed by atoms with van der Waals surface area (Å²) in [4.78, 5) is 0. The van der Waals surface area contributed by atoms with Crippen LogP contribution in [0.25, 0.3) is 0 Å². The smallest absolute Gasteiger partial charge is 0.0701 e. The Morgan fingerprint density at radius 3 is 0.774 bits per heavy atom. The van der Waals surface area contributed by atoms with Crippen molar-refractivity contribution in [2.45, 2.75) is 142 Å². The van der Waals surface area contributed by atoms with E-state index in [1.165, 1.54) is 128 Å². The van der Waals surface area contributed by atoms with Gasteiger partial charge in [0.2, 0.25) is 0 Å². The topological polar surface area (TPSA) is 27.7 Å². The summed E-state index contributed by atoms with van der Waals surface area (Å²) in [6.45, 7) is 9.15. The van der Waals surface area contributed by atoms with Gasteiger partial charge in [-0.05, 0) is 12.8 Å². The van der Waals surface area contributed by atoms with Crippen molar-refractivity contribution in [3.05, 3.63) is 0 Å². The lowest BCUT2D eigenvalue weighted by Gasteiger charge is -2.07. The predicted octanol–water partition coefficient (Wildman–Crippen LogP) is 8.88. The highest BCUT2D eigenvalue weighted by Gasteiger charge is 1.96. The van der Waals surface area contributed by atoms with E-state index in [1.54, 1.807) is 0 Å². The zero-order valence-electron chi connectivity index (χ0n) is 21.6. The summed E-state index contributed by atoms with van der Waals surface area (Å²) in [5.41, 5.74) is 0. The first-order valence-electron chi connectivity index (χ1n) is 14.1. The normalized spacial score (nSPS) is 11.4. The molecule has 0 spiro atoms. The number of ether oxygens (including phenoxy) is 3. The van der Waals surface area contributed by atoms with Gasteiger partial charge in [-0.2, -0.15) is 0 Å². The molecule has 0 unspecified atom stereocenters. The van der Waals surface area contributed by atoms with Gasteiger partial charge in [0.1, 0.15) is 0 Å². The van der Waals surface area contributed by atoms with Crippen LogP contribution in [-0.2, 0) is 14.2 Å². The van der Waals surface area contributed by atoms with Crippen LogP contribution in [0.5, 0.6) is 0 Å². The van der Waals surface area contributed by atoms with Crippen molar-refractivity contribution in [1.82, 2.24) is 0 Å². The minimum absolute atomic E-state index is 0.694. The minimum atomic E-state index is 0.694. The Labute approximate surface area is 196 Å². The lowest BCUT2D eigenvalue weighted by molar-refractivity contribution is 0.0132. The predicted molar refractivity (Wildman–Crippen MR) is 136 cm³/mol. The highest BCUT2D eigenvalue weighted by atomic mass is 16.5. The Hall–Kier alpha value is -0.120. The highest BCUT2D eigenvalue weighted by Crippen LogP contribution is 2.11. The summed E-state index contributed by atoms with van der Waals surface area (Å²) in [5.74, 6) is 0. The molecule has 188 valence electrons. The fourth-order valence-electron chi connectivity index (χ4n) is 3.93. The molecule has 0 aliphatic heterocycles. The maximum Gasteiger partial charge on any atom is 0.0701 e. The van der Waals surface area contributed by atoms with Gasteiger partial charge in [-0.3, -0.25) is 0 Å². The van der Waals surface area contributed by atoms with Gasteiger partial charge in [-0.25, -0.2) is 0 Å². The van der Waals surface area contributed by atoms with Crippen LogP contribution in [-0.4, -0.2) is 39.6 Å². The van der Waals surface area contributed by atoms with Gasteiger partial charge in [0.05, 0.1) is 26.4 Å². The van der Waals surface area contributed by atoms with Crippen LogP contribution in [0.1, 0.15) is 142 Å². The van der Waals surface area contributed by atoms with Crippen molar-refractivity contribution in [1.29, 1.82) is 0 Å². The van der Waals surface area contributed by atoms with Gasteiger partial charge in [-0.1, -0.05) is 129 Å². The number of rotatable bonds is 28. The summed E-state index contributed by atoms with van der Waals surface area (Å²) < 4.78 is 16.9. The number of hydrogen-bond donors (Lipinski definition) is 0. The van der Waals surface area contributed by atoms with Crippen LogP contribution < -0.4 is 0 Å². The molecule has 0 N–H and O–H groups in total. The second-order valence-corrected chi connectivity index (χ2v) is 9.20. The van der Waals surface area contributed by atoms with E-state index in [1.807, 2.05) is 0 Å². The molecule has 0 radical (unpaired) electrons. The lowest BCUT2D eigenvalue weighted by Crippen LogP contribution is -2.10. The van der Waals surface area contributed by atoms with E-state index in [0.29, 0.717) is 13.2 Å². The van der Waals surface area contributed by atoms with Crippen molar-refractivity contribution in [3.8, 4) is 0 Å². The average Bonchev–Trinajstić information content (AvgIpc) is 2.78. The van der Waals surface area contributed by atoms with E-state index in [9.17, 15) is 0 Å². The fraction of sp³-hybridized carbons (Fsp3) is 1.00. The molecule has 0 saturated heterocycles. The molecule has 0 bridgehead atoms. The van der Waals surface area contributed by atoms with Gasteiger partial charge >= 0.3 is 0 Å². The van der Waals surface area contributed by atoms with E-state index in [0.717, 1.165) is 26.4 Å². The molecule has 0 rings (SSSR count). The molecule has 0 aromatic carbocycles. The number of hydrogen-bond acceptors (Lipinski definition) is 3. The summed E-state index contributed by atoms with van der Waals surface area (Å²) in [7, 11) is 0. The lowest BCUT2D eigenvalue weighted by atomic mass is 10.1. The molecule has 31 heavy (non-hydrogen) atoms. The Balaban J connectivity index is 2.98. The standard InChI is InChI=1S/C28H58O3/c1-3-5-7-9-11-13-15-17-19-21-23-29-25-27-31-28-26-30-24-22-20-18-16-14-12-10-8-6-4-2/h3-28H2,1-2H3. The largest absolute Gasteiger partial charge is 0.379 e. The van der Waals surface area contributed by atoms with Crippen LogP contribution in [0, 0.1) is 0 Å². The Kier molecular flexibility index (Phi) is 29.8. The van der Waals surface area contributed by atoms with Crippen molar-refractivity contribution >= 4 is 0 Å². The first kappa shape index (κ1) is 30.9. The molecule has 0 atom stereocenters. The molecule has 0 aliphatic carbocycles. The minimum Gasteiger partial charge on any atom is -0.379 e. The molecular formula is C28H58O3. The second-order valence-electron chi connectivity index (χ2n) is 9.20. The van der Waals surface area contributed by atoms with Gasteiger partial charge in [0.15, 0.2) is 0 Å². The fourth-order valence-corrected chi connectivity index (χ4v) is 3.93. The van der Waals surface area contributed by atoms with E-state index in [2.05, 4.69) is 13.8 Å². The third kappa shape index (κ3) is 29.9. The van der Waals surface area contributed by atoms with Crippen LogP contribution in [0.2, 0.25) is 0 Å². The molecule has 0 saturated carbocycles. The summed E-state index contributed by atoms with van der Waals surface area (Å²) in [5, 5.41) is 0. The van der Waals surface area contributed by atoms with Crippen LogP contribution in [0.15, 0.2) is 0 Å². The van der Waals surface area contributed by atoms with Crippen LogP contribution in [0.3, 0.4) is 0 Å². The molecule has 3 heteroatoms. The Morgan fingerprint density at radius 2 is 0.484 bits per heavy atom. The third-order valence-corrected chi connectivity index (χ3v) is 6.03. The maximum atomic E-state index is 5.66. The molecule has 0 aromatic heterocycles. The van der Waals surface area contributed by atoms with Gasteiger partial charge < -0.3 is 14.2 Å². The molecule has 0 amide bonds. The Bertz CT molecular complexity index is 268. The van der Waals surface area contributed by atoms with Gasteiger partial charge in [-0.15, -0.1) is 0 Å². The molecule has 0 fully saturated rings. The quantitative estimate of drug-likeness (QED) is 0.113. The first-order chi connectivity index (χ1) is 15.4. The second kappa shape index (κ2) is 29.9. The average molecular weight is 443 g/mol. The van der Waals surface area contributed by atoms with Crippen molar-refractivity contribution in [2.75, 3.05) is 39.6 Å². The van der Waals surface area contributed by atoms with E-state index >= 15 is 0 Å². The first-order valence-corrected chi connectivity index (χ1v) is 14.1. The summed E-state index contributed by atoms with van der Waals surface area (Å²) in [6.07, 6.45) is 27.4. The Morgan fingerprint density at radius 1 is 0.258 bits per heavy atom. The summed E-state index contributed by atoms with van der Waals surface area (Å²) >= 11 is 0. The zero-order chi connectivity index (χ0) is 22.5. The van der Waals surface area contributed by atoms with Crippen molar-refractivity contribution < 1.29 is 14.2 Å².